The minimum atomic E-state index is -0.740. The molecule has 1 unspecified atom stereocenters. The van der Waals surface area contributed by atoms with Crippen LogP contribution in [-0.2, 0) is 4.79 Å². The Labute approximate surface area is 189 Å². The molecule has 1 amide bonds. The number of benzene rings is 2. The molecule has 0 saturated carbocycles. The van der Waals surface area contributed by atoms with Crippen LogP contribution in [0.2, 0.25) is 0 Å². The van der Waals surface area contributed by atoms with Crippen LogP contribution in [0.4, 0.5) is 0 Å². The summed E-state index contributed by atoms with van der Waals surface area (Å²) in [6.07, 6.45) is 4.06. The lowest BCUT2D eigenvalue weighted by atomic mass is 10.2. The summed E-state index contributed by atoms with van der Waals surface area (Å²) in [4.78, 5) is 12.3. The van der Waals surface area contributed by atoms with Gasteiger partial charge in [0.15, 0.2) is 17.6 Å². The van der Waals surface area contributed by atoms with E-state index in [0.29, 0.717) is 35.2 Å². The Morgan fingerprint density at radius 3 is 2.28 bits per heavy atom. The predicted molar refractivity (Wildman–Crippen MR) is 123 cm³/mol. The average Bonchev–Trinajstić information content (AvgIpc) is 2.82. The lowest BCUT2D eigenvalue weighted by Gasteiger charge is -2.14. The van der Waals surface area contributed by atoms with Gasteiger partial charge in [-0.15, -0.1) is 0 Å². The number of hydrogen-bond donors (Lipinski definition) is 1. The summed E-state index contributed by atoms with van der Waals surface area (Å²) in [5.74, 6) is 2.38. The van der Waals surface area contributed by atoms with Crippen molar-refractivity contribution in [3.8, 4) is 28.7 Å². The molecule has 0 saturated heterocycles. The van der Waals surface area contributed by atoms with Crippen LogP contribution in [0.5, 0.6) is 28.7 Å². The van der Waals surface area contributed by atoms with E-state index in [1.165, 1.54) is 20.4 Å². The first-order chi connectivity index (χ1) is 15.5. The van der Waals surface area contributed by atoms with Gasteiger partial charge >= 0.3 is 0 Å². The van der Waals surface area contributed by atoms with Crippen molar-refractivity contribution in [3.05, 3.63) is 42.0 Å². The maximum Gasteiger partial charge on any atom is 0.280 e. The third kappa shape index (κ3) is 7.08. The van der Waals surface area contributed by atoms with Crippen LogP contribution >= 0.6 is 0 Å². The Balaban J connectivity index is 1.91. The van der Waals surface area contributed by atoms with Crippen molar-refractivity contribution in [1.29, 1.82) is 0 Å². The van der Waals surface area contributed by atoms with Gasteiger partial charge in [-0.3, -0.25) is 4.79 Å². The van der Waals surface area contributed by atoms with Gasteiger partial charge in [-0.05, 0) is 49.7 Å². The summed E-state index contributed by atoms with van der Waals surface area (Å²) < 4.78 is 27.4. The van der Waals surface area contributed by atoms with Gasteiger partial charge in [-0.2, -0.15) is 5.10 Å². The fourth-order valence-electron chi connectivity index (χ4n) is 2.90. The Morgan fingerprint density at radius 1 is 0.969 bits per heavy atom. The van der Waals surface area contributed by atoms with Crippen LogP contribution in [0.1, 0.15) is 38.7 Å². The number of hydrazone groups is 1. The second-order valence-corrected chi connectivity index (χ2v) is 6.94. The molecule has 0 aliphatic heterocycles. The first-order valence-electron chi connectivity index (χ1n) is 10.5. The Kier molecular flexibility index (Phi) is 10.2. The molecule has 8 nitrogen and oxygen atoms in total. The van der Waals surface area contributed by atoms with Crippen molar-refractivity contribution in [2.45, 2.75) is 39.2 Å². The molecule has 0 spiro atoms. The molecule has 174 valence electrons. The lowest BCUT2D eigenvalue weighted by molar-refractivity contribution is -0.127. The molecule has 8 heteroatoms. The molecular formula is C24H32N2O6. The third-order valence-corrected chi connectivity index (χ3v) is 4.64. The molecule has 0 bridgehead atoms. The minimum absolute atomic E-state index is 0.388. The SMILES string of the molecule is CCCCCOc1ccc(OC(C)C(=O)N/N=C/c2ccc(OC)c(OC)c2OC)cc1. The third-order valence-electron chi connectivity index (χ3n) is 4.64. The number of rotatable bonds is 13. The molecule has 0 aromatic heterocycles. The maximum atomic E-state index is 12.3. The molecule has 32 heavy (non-hydrogen) atoms. The highest BCUT2D eigenvalue weighted by atomic mass is 16.5. The highest BCUT2D eigenvalue weighted by Crippen LogP contribution is 2.38. The van der Waals surface area contributed by atoms with Crippen molar-refractivity contribution in [1.82, 2.24) is 5.43 Å². The molecule has 2 rings (SSSR count). The van der Waals surface area contributed by atoms with E-state index >= 15 is 0 Å². The van der Waals surface area contributed by atoms with Crippen LogP contribution in [0.15, 0.2) is 41.5 Å². The summed E-state index contributed by atoms with van der Waals surface area (Å²) >= 11 is 0. The number of nitrogens with zero attached hydrogens (tertiary/aromatic N) is 1. The van der Waals surface area contributed by atoms with Crippen molar-refractivity contribution < 1.29 is 28.5 Å². The zero-order valence-corrected chi connectivity index (χ0v) is 19.3. The number of methoxy groups -OCH3 is 3. The van der Waals surface area contributed by atoms with Gasteiger partial charge in [0, 0.05) is 5.56 Å². The normalized spacial score (nSPS) is 11.7. The zero-order valence-electron chi connectivity index (χ0n) is 19.3. The number of unbranched alkanes of at least 4 members (excludes halogenated alkanes) is 2. The zero-order chi connectivity index (χ0) is 23.3. The van der Waals surface area contributed by atoms with Crippen LogP contribution in [-0.4, -0.2) is 46.2 Å². The summed E-state index contributed by atoms with van der Waals surface area (Å²) in [5.41, 5.74) is 3.09. The van der Waals surface area contributed by atoms with E-state index in [9.17, 15) is 4.79 Å². The molecule has 2 aromatic rings. The summed E-state index contributed by atoms with van der Waals surface area (Å²) in [6, 6.07) is 10.7. The van der Waals surface area contributed by atoms with E-state index < -0.39 is 6.10 Å². The Morgan fingerprint density at radius 2 is 1.66 bits per heavy atom. The Bertz CT molecular complexity index is 883. The summed E-state index contributed by atoms with van der Waals surface area (Å²) in [5, 5.41) is 4.01. The van der Waals surface area contributed by atoms with Crippen LogP contribution < -0.4 is 29.1 Å². The largest absolute Gasteiger partial charge is 0.494 e. The fraction of sp³-hybridized carbons (Fsp3) is 0.417. The fourth-order valence-corrected chi connectivity index (χ4v) is 2.90. The molecule has 0 radical (unpaired) electrons. The quantitative estimate of drug-likeness (QED) is 0.283. The van der Waals surface area contributed by atoms with E-state index in [1.807, 2.05) is 12.1 Å². The monoisotopic (exact) mass is 444 g/mol. The number of carbonyl (C=O) groups is 1. The molecular weight excluding hydrogens is 412 g/mol. The first-order valence-corrected chi connectivity index (χ1v) is 10.5. The van der Waals surface area contributed by atoms with Crippen LogP contribution in [0.3, 0.4) is 0 Å². The number of amides is 1. The van der Waals surface area contributed by atoms with Crippen molar-refractivity contribution in [2.24, 2.45) is 5.10 Å². The van der Waals surface area contributed by atoms with Gasteiger partial charge in [-0.25, -0.2) is 5.43 Å². The highest BCUT2D eigenvalue weighted by molar-refractivity contribution is 5.88. The van der Waals surface area contributed by atoms with Crippen LogP contribution in [0, 0.1) is 0 Å². The van der Waals surface area contributed by atoms with Gasteiger partial charge in [0.05, 0.1) is 34.2 Å². The summed E-state index contributed by atoms with van der Waals surface area (Å²) in [7, 11) is 4.58. The topological polar surface area (TPSA) is 87.6 Å². The molecule has 1 N–H and O–H groups in total. The molecule has 0 fully saturated rings. The number of carbonyl (C=O) groups excluding carboxylic acids is 1. The maximum absolute atomic E-state index is 12.3. The lowest BCUT2D eigenvalue weighted by Crippen LogP contribution is -2.33. The first kappa shape index (κ1) is 24.8. The molecule has 0 aliphatic carbocycles. The number of ether oxygens (including phenoxy) is 5. The van der Waals surface area contributed by atoms with Gasteiger partial charge in [0.25, 0.3) is 5.91 Å². The molecule has 2 aromatic carbocycles. The minimum Gasteiger partial charge on any atom is -0.494 e. The van der Waals surface area contributed by atoms with Crippen LogP contribution in [0.25, 0.3) is 0 Å². The predicted octanol–water partition coefficient (Wildman–Crippen LogP) is 4.20. The smallest absolute Gasteiger partial charge is 0.280 e. The average molecular weight is 445 g/mol. The molecule has 0 heterocycles. The molecule has 0 aliphatic rings. The van der Waals surface area contributed by atoms with Gasteiger partial charge in [0.2, 0.25) is 5.75 Å². The summed E-state index contributed by atoms with van der Waals surface area (Å²) in [6.45, 7) is 4.49. The van der Waals surface area contributed by atoms with Crippen molar-refractivity contribution >= 4 is 12.1 Å². The number of nitrogens with one attached hydrogen (secondary N) is 1. The standard InChI is InChI=1S/C24H32N2O6/c1-6-7-8-15-31-19-10-12-20(13-11-19)32-17(2)24(27)26-25-16-18-9-14-21(28-3)23(30-5)22(18)29-4/h9-14,16-17H,6-8,15H2,1-5H3,(H,26,27)/b25-16+. The van der Waals surface area contributed by atoms with Gasteiger partial charge < -0.3 is 23.7 Å². The second kappa shape index (κ2) is 13.1. The van der Waals surface area contributed by atoms with Gasteiger partial charge in [-0.1, -0.05) is 19.8 Å². The van der Waals surface area contributed by atoms with E-state index in [4.69, 9.17) is 23.7 Å². The Hall–Kier alpha value is -3.42. The van der Waals surface area contributed by atoms with Crippen molar-refractivity contribution in [2.75, 3.05) is 27.9 Å². The van der Waals surface area contributed by atoms with E-state index in [-0.39, 0.29) is 5.91 Å². The van der Waals surface area contributed by atoms with Crippen molar-refractivity contribution in [3.63, 3.8) is 0 Å². The highest BCUT2D eigenvalue weighted by Gasteiger charge is 2.16. The van der Waals surface area contributed by atoms with E-state index in [0.717, 1.165) is 25.0 Å². The molecule has 1 atom stereocenters. The van der Waals surface area contributed by atoms with E-state index in [2.05, 4.69) is 17.5 Å². The van der Waals surface area contributed by atoms with Gasteiger partial charge in [0.1, 0.15) is 11.5 Å². The van der Waals surface area contributed by atoms with E-state index in [1.54, 1.807) is 38.3 Å². The second-order valence-electron chi connectivity index (χ2n) is 6.94. The number of hydrogen-bond acceptors (Lipinski definition) is 7.